The van der Waals surface area contributed by atoms with Crippen LogP contribution in [0.4, 0.5) is 5.69 Å². The van der Waals surface area contributed by atoms with Crippen LogP contribution in [0.25, 0.3) is 0 Å². The predicted molar refractivity (Wildman–Crippen MR) is 76.5 cm³/mol. The molecule has 1 saturated heterocycles. The maximum atomic E-state index is 5.57. The third-order valence-electron chi connectivity index (χ3n) is 3.77. The molecule has 3 nitrogen and oxygen atoms in total. The number of hydrogen-bond acceptors (Lipinski definition) is 3. The van der Waals surface area contributed by atoms with Gasteiger partial charge in [0, 0.05) is 30.9 Å². The lowest BCUT2D eigenvalue weighted by atomic mass is 9.93. The number of ether oxygens (including phenoxy) is 1. The molecule has 2 unspecified atom stereocenters. The third kappa shape index (κ3) is 2.96. The van der Waals surface area contributed by atoms with Crippen molar-refractivity contribution in [3.8, 4) is 5.75 Å². The van der Waals surface area contributed by atoms with Gasteiger partial charge in [-0.05, 0) is 38.4 Å². The van der Waals surface area contributed by atoms with Crippen molar-refractivity contribution in [3.05, 3.63) is 24.3 Å². The molecule has 2 atom stereocenters. The van der Waals surface area contributed by atoms with Gasteiger partial charge in [-0.1, -0.05) is 13.0 Å². The lowest BCUT2D eigenvalue weighted by molar-refractivity contribution is 0.334. The number of nitrogens with zero attached hydrogens (tertiary/aromatic N) is 1. The predicted octanol–water partition coefficient (Wildman–Crippen LogP) is 2.52. The van der Waals surface area contributed by atoms with Crippen LogP contribution in [0.2, 0.25) is 0 Å². The van der Waals surface area contributed by atoms with Gasteiger partial charge < -0.3 is 15.0 Å². The zero-order valence-corrected chi connectivity index (χ0v) is 11.6. The van der Waals surface area contributed by atoms with Crippen molar-refractivity contribution in [2.24, 2.45) is 5.92 Å². The number of rotatable bonds is 4. The van der Waals surface area contributed by atoms with E-state index in [1.807, 2.05) is 13.0 Å². The maximum absolute atomic E-state index is 5.57. The molecule has 3 heteroatoms. The van der Waals surface area contributed by atoms with Crippen molar-refractivity contribution < 1.29 is 4.74 Å². The highest BCUT2D eigenvalue weighted by molar-refractivity contribution is 5.51. The van der Waals surface area contributed by atoms with Crippen LogP contribution in [0, 0.1) is 5.92 Å². The molecule has 0 aliphatic carbocycles. The average molecular weight is 248 g/mol. The summed E-state index contributed by atoms with van der Waals surface area (Å²) in [5.41, 5.74) is 1.28. The van der Waals surface area contributed by atoms with Crippen molar-refractivity contribution >= 4 is 5.69 Å². The summed E-state index contributed by atoms with van der Waals surface area (Å²) in [4.78, 5) is 2.46. The molecular formula is C15H24N2O. The highest BCUT2D eigenvalue weighted by atomic mass is 16.5. The van der Waals surface area contributed by atoms with Gasteiger partial charge in [0.25, 0.3) is 0 Å². The van der Waals surface area contributed by atoms with E-state index in [2.05, 4.69) is 42.4 Å². The summed E-state index contributed by atoms with van der Waals surface area (Å²) in [7, 11) is 2.06. The molecule has 1 aliphatic heterocycles. The fourth-order valence-corrected chi connectivity index (χ4v) is 2.75. The molecule has 1 fully saturated rings. The second-order valence-corrected chi connectivity index (χ2v) is 5.04. The molecule has 1 aliphatic rings. The molecule has 1 aromatic rings. The molecule has 1 aromatic carbocycles. The van der Waals surface area contributed by atoms with E-state index < -0.39 is 0 Å². The number of piperidine rings is 1. The fraction of sp³-hybridized carbons (Fsp3) is 0.600. The Kier molecular flexibility index (Phi) is 4.48. The van der Waals surface area contributed by atoms with Gasteiger partial charge in [0.15, 0.2) is 0 Å². The molecule has 1 N–H and O–H groups in total. The van der Waals surface area contributed by atoms with Crippen LogP contribution in [-0.4, -0.2) is 32.8 Å². The summed E-state index contributed by atoms with van der Waals surface area (Å²) in [6.45, 7) is 7.29. The zero-order chi connectivity index (χ0) is 13.0. The summed E-state index contributed by atoms with van der Waals surface area (Å²) >= 11 is 0. The smallest absolute Gasteiger partial charge is 0.121 e. The first kappa shape index (κ1) is 13.2. The van der Waals surface area contributed by atoms with E-state index in [9.17, 15) is 0 Å². The molecule has 0 aromatic heterocycles. The van der Waals surface area contributed by atoms with Crippen molar-refractivity contribution in [1.82, 2.24) is 5.32 Å². The van der Waals surface area contributed by atoms with Crippen molar-refractivity contribution in [1.29, 1.82) is 0 Å². The lowest BCUT2D eigenvalue weighted by Gasteiger charge is -2.38. The zero-order valence-electron chi connectivity index (χ0n) is 11.6. The minimum Gasteiger partial charge on any atom is -0.494 e. The molecule has 0 radical (unpaired) electrons. The van der Waals surface area contributed by atoms with E-state index in [0.717, 1.165) is 25.4 Å². The number of hydrogen-bond donors (Lipinski definition) is 1. The normalized spacial score (nSPS) is 24.1. The minimum absolute atomic E-state index is 0.649. The van der Waals surface area contributed by atoms with Crippen LogP contribution in [0.5, 0.6) is 5.75 Å². The molecular weight excluding hydrogens is 224 g/mol. The third-order valence-corrected chi connectivity index (χ3v) is 3.77. The number of benzene rings is 1. The van der Waals surface area contributed by atoms with E-state index in [1.165, 1.54) is 12.1 Å². The molecule has 0 spiro atoms. The molecule has 0 bridgehead atoms. The Labute approximate surface area is 110 Å². The largest absolute Gasteiger partial charge is 0.494 e. The van der Waals surface area contributed by atoms with Gasteiger partial charge in [-0.15, -0.1) is 0 Å². The van der Waals surface area contributed by atoms with Crippen LogP contribution >= 0.6 is 0 Å². The molecule has 2 rings (SSSR count). The van der Waals surface area contributed by atoms with E-state index in [0.29, 0.717) is 12.0 Å². The first-order valence-electron chi connectivity index (χ1n) is 6.89. The Morgan fingerprint density at radius 2 is 2.28 bits per heavy atom. The van der Waals surface area contributed by atoms with Gasteiger partial charge in [0.1, 0.15) is 5.75 Å². The molecule has 0 saturated carbocycles. The summed E-state index contributed by atoms with van der Waals surface area (Å²) < 4.78 is 5.57. The molecule has 100 valence electrons. The highest BCUT2D eigenvalue weighted by Gasteiger charge is 2.24. The number of nitrogens with one attached hydrogen (secondary N) is 1. The lowest BCUT2D eigenvalue weighted by Crippen LogP contribution is -2.47. The van der Waals surface area contributed by atoms with Gasteiger partial charge in [-0.25, -0.2) is 0 Å². The average Bonchev–Trinajstić information content (AvgIpc) is 2.39. The van der Waals surface area contributed by atoms with Crippen LogP contribution in [0.15, 0.2) is 24.3 Å². The van der Waals surface area contributed by atoms with Gasteiger partial charge in [-0.3, -0.25) is 0 Å². The van der Waals surface area contributed by atoms with E-state index in [1.54, 1.807) is 0 Å². The van der Waals surface area contributed by atoms with Gasteiger partial charge >= 0.3 is 0 Å². The van der Waals surface area contributed by atoms with Crippen molar-refractivity contribution in [2.45, 2.75) is 26.3 Å². The Balaban J connectivity index is 2.05. The topological polar surface area (TPSA) is 24.5 Å². The van der Waals surface area contributed by atoms with Crippen LogP contribution in [0.1, 0.15) is 20.3 Å². The number of anilines is 1. The van der Waals surface area contributed by atoms with Gasteiger partial charge in [0.2, 0.25) is 0 Å². The molecule has 1 heterocycles. The quantitative estimate of drug-likeness (QED) is 0.886. The van der Waals surface area contributed by atoms with Crippen molar-refractivity contribution in [3.63, 3.8) is 0 Å². The highest BCUT2D eigenvalue weighted by Crippen LogP contribution is 2.26. The Morgan fingerprint density at radius 1 is 1.44 bits per heavy atom. The van der Waals surface area contributed by atoms with E-state index in [-0.39, 0.29) is 0 Å². The summed E-state index contributed by atoms with van der Waals surface area (Å²) in [5, 5.41) is 3.41. The second-order valence-electron chi connectivity index (χ2n) is 5.04. The van der Waals surface area contributed by atoms with E-state index in [4.69, 9.17) is 4.74 Å². The Bertz CT molecular complexity index is 381. The minimum atomic E-state index is 0.649. The van der Waals surface area contributed by atoms with Crippen LogP contribution in [-0.2, 0) is 0 Å². The monoisotopic (exact) mass is 248 g/mol. The first-order valence-corrected chi connectivity index (χ1v) is 6.89. The SMILES string of the molecule is CCOc1cccc(N2CCC(NC)C(C)C2)c1. The van der Waals surface area contributed by atoms with Gasteiger partial charge in [0.05, 0.1) is 6.61 Å². The standard InChI is InChI=1S/C15H24N2O/c1-4-18-14-7-5-6-13(10-14)17-9-8-15(16-3)12(2)11-17/h5-7,10,12,15-16H,4,8-9,11H2,1-3H3. The fourth-order valence-electron chi connectivity index (χ4n) is 2.75. The Morgan fingerprint density at radius 3 is 2.94 bits per heavy atom. The molecule has 18 heavy (non-hydrogen) atoms. The summed E-state index contributed by atoms with van der Waals surface area (Å²) in [6.07, 6.45) is 1.20. The van der Waals surface area contributed by atoms with Crippen LogP contribution < -0.4 is 15.0 Å². The summed E-state index contributed by atoms with van der Waals surface area (Å²) in [5.74, 6) is 1.65. The van der Waals surface area contributed by atoms with E-state index >= 15 is 0 Å². The molecule has 0 amide bonds. The van der Waals surface area contributed by atoms with Crippen molar-refractivity contribution in [2.75, 3.05) is 31.6 Å². The Hall–Kier alpha value is -1.22. The second kappa shape index (κ2) is 6.10. The summed E-state index contributed by atoms with van der Waals surface area (Å²) in [6, 6.07) is 9.08. The first-order chi connectivity index (χ1) is 8.74. The maximum Gasteiger partial charge on any atom is 0.121 e. The van der Waals surface area contributed by atoms with Crippen LogP contribution in [0.3, 0.4) is 0 Å². The van der Waals surface area contributed by atoms with Gasteiger partial charge in [-0.2, -0.15) is 0 Å².